The standard InChI is InChI=1S/C9H16O2Si/c1-7(2)9(10)12-8-5-3-4-6-11-8/h8H,1,3-6,12H2,2H3. The molecule has 1 rings (SSSR count). The van der Waals surface area contributed by atoms with Crippen LogP contribution in [0.1, 0.15) is 26.2 Å². The van der Waals surface area contributed by atoms with E-state index >= 15 is 0 Å². The lowest BCUT2D eigenvalue weighted by Crippen LogP contribution is -2.31. The highest BCUT2D eigenvalue weighted by Crippen LogP contribution is 2.12. The lowest BCUT2D eigenvalue weighted by atomic mass is 10.2. The summed E-state index contributed by atoms with van der Waals surface area (Å²) in [5.41, 5.74) is 0.999. The topological polar surface area (TPSA) is 26.3 Å². The van der Waals surface area contributed by atoms with E-state index < -0.39 is 9.52 Å². The molecule has 0 N–H and O–H groups in total. The van der Waals surface area contributed by atoms with Crippen molar-refractivity contribution in [2.24, 2.45) is 0 Å². The van der Waals surface area contributed by atoms with Crippen molar-refractivity contribution in [3.05, 3.63) is 12.2 Å². The SMILES string of the molecule is C=C(C)C(=O)[SiH2]C1CCCCO1. The summed E-state index contributed by atoms with van der Waals surface area (Å²) in [6.45, 7) is 6.29. The van der Waals surface area contributed by atoms with Crippen molar-refractivity contribution in [2.75, 3.05) is 6.61 Å². The molecule has 1 heterocycles. The first-order valence-corrected chi connectivity index (χ1v) is 6.03. The first-order chi connectivity index (χ1) is 5.70. The number of hydrogen-bond donors (Lipinski definition) is 0. The second-order valence-electron chi connectivity index (χ2n) is 3.40. The van der Waals surface area contributed by atoms with Crippen molar-refractivity contribution >= 4 is 14.9 Å². The van der Waals surface area contributed by atoms with Crippen LogP contribution in [-0.4, -0.2) is 27.3 Å². The number of ether oxygens (including phenoxy) is 1. The van der Waals surface area contributed by atoms with Crippen LogP contribution in [0.5, 0.6) is 0 Å². The first kappa shape index (κ1) is 9.67. The molecule has 2 nitrogen and oxygen atoms in total. The third-order valence-corrected chi connectivity index (χ3v) is 4.24. The van der Waals surface area contributed by atoms with Gasteiger partial charge < -0.3 is 9.53 Å². The Morgan fingerprint density at radius 2 is 2.33 bits per heavy atom. The lowest BCUT2D eigenvalue weighted by Gasteiger charge is -2.21. The number of rotatable bonds is 3. The third kappa shape index (κ3) is 2.91. The van der Waals surface area contributed by atoms with E-state index in [9.17, 15) is 4.79 Å². The maximum absolute atomic E-state index is 11.3. The van der Waals surface area contributed by atoms with Gasteiger partial charge in [-0.15, -0.1) is 0 Å². The van der Waals surface area contributed by atoms with Crippen LogP contribution in [0.3, 0.4) is 0 Å². The van der Waals surface area contributed by atoms with Gasteiger partial charge in [0, 0.05) is 6.61 Å². The van der Waals surface area contributed by atoms with Gasteiger partial charge in [-0.25, -0.2) is 0 Å². The van der Waals surface area contributed by atoms with Crippen molar-refractivity contribution in [2.45, 2.75) is 31.9 Å². The average Bonchev–Trinajstić information content (AvgIpc) is 2.06. The minimum atomic E-state index is -0.718. The van der Waals surface area contributed by atoms with Crippen LogP contribution in [0.15, 0.2) is 12.2 Å². The summed E-state index contributed by atoms with van der Waals surface area (Å²) in [6.07, 6.45) is 3.47. The molecule has 0 aliphatic carbocycles. The zero-order chi connectivity index (χ0) is 8.97. The van der Waals surface area contributed by atoms with Gasteiger partial charge in [0.05, 0.1) is 5.73 Å². The second-order valence-corrected chi connectivity index (χ2v) is 5.36. The molecule has 3 heteroatoms. The van der Waals surface area contributed by atoms with E-state index in [1.54, 1.807) is 6.92 Å². The van der Waals surface area contributed by atoms with Crippen molar-refractivity contribution in [3.63, 3.8) is 0 Å². The van der Waals surface area contributed by atoms with E-state index in [1.165, 1.54) is 6.42 Å². The van der Waals surface area contributed by atoms with Crippen LogP contribution in [0.25, 0.3) is 0 Å². The molecule has 1 saturated heterocycles. The van der Waals surface area contributed by atoms with Crippen molar-refractivity contribution < 1.29 is 9.53 Å². The molecule has 1 atom stereocenters. The Bertz CT molecular complexity index is 183. The summed E-state index contributed by atoms with van der Waals surface area (Å²) >= 11 is 0. The molecule has 1 fully saturated rings. The molecule has 68 valence electrons. The Labute approximate surface area is 75.8 Å². The Morgan fingerprint density at radius 1 is 1.58 bits per heavy atom. The predicted octanol–water partition coefficient (Wildman–Crippen LogP) is 0.784. The Kier molecular flexibility index (Phi) is 3.69. The van der Waals surface area contributed by atoms with E-state index in [4.69, 9.17) is 4.74 Å². The fraction of sp³-hybridized carbons (Fsp3) is 0.667. The molecule has 0 aromatic heterocycles. The number of hydrogen-bond acceptors (Lipinski definition) is 2. The predicted molar refractivity (Wildman–Crippen MR) is 52.0 cm³/mol. The summed E-state index contributed by atoms with van der Waals surface area (Å²) in [5.74, 6) is 0. The van der Waals surface area contributed by atoms with Gasteiger partial charge >= 0.3 is 0 Å². The maximum atomic E-state index is 11.3. The second kappa shape index (κ2) is 4.57. The van der Waals surface area contributed by atoms with Gasteiger partial charge in [-0.3, -0.25) is 0 Å². The molecular weight excluding hydrogens is 168 g/mol. The molecule has 1 aliphatic rings. The summed E-state index contributed by atoms with van der Waals surface area (Å²) in [6, 6.07) is 0. The van der Waals surface area contributed by atoms with Crippen LogP contribution in [0, 0.1) is 0 Å². The molecule has 0 spiro atoms. The molecule has 0 amide bonds. The summed E-state index contributed by atoms with van der Waals surface area (Å²) in [7, 11) is -0.718. The van der Waals surface area contributed by atoms with Crippen molar-refractivity contribution in [3.8, 4) is 0 Å². The van der Waals surface area contributed by atoms with Gasteiger partial charge in [-0.2, -0.15) is 0 Å². The van der Waals surface area contributed by atoms with Gasteiger partial charge in [0.25, 0.3) is 0 Å². The summed E-state index contributed by atoms with van der Waals surface area (Å²) in [4.78, 5) is 11.3. The maximum Gasteiger partial charge on any atom is 0.140 e. The van der Waals surface area contributed by atoms with E-state index in [0.29, 0.717) is 11.3 Å². The fourth-order valence-corrected chi connectivity index (χ4v) is 2.89. The van der Waals surface area contributed by atoms with E-state index in [-0.39, 0.29) is 5.41 Å². The molecule has 0 radical (unpaired) electrons. The van der Waals surface area contributed by atoms with Crippen molar-refractivity contribution in [1.82, 2.24) is 0 Å². The van der Waals surface area contributed by atoms with Gasteiger partial charge in [0.2, 0.25) is 0 Å². The quantitative estimate of drug-likeness (QED) is 0.479. The molecular formula is C9H16O2Si. The Balaban J connectivity index is 2.29. The lowest BCUT2D eigenvalue weighted by molar-refractivity contribution is -0.109. The van der Waals surface area contributed by atoms with Crippen LogP contribution in [0.2, 0.25) is 0 Å². The highest BCUT2D eigenvalue weighted by Gasteiger charge is 2.18. The Hall–Kier alpha value is -0.413. The highest BCUT2D eigenvalue weighted by atomic mass is 28.2. The molecule has 1 aliphatic heterocycles. The average molecular weight is 184 g/mol. The summed E-state index contributed by atoms with van der Waals surface area (Å²) < 4.78 is 5.50. The van der Waals surface area contributed by atoms with E-state index in [1.807, 2.05) is 0 Å². The minimum absolute atomic E-state index is 0.280. The molecule has 0 bridgehead atoms. The number of carbonyl (C=O) groups excluding carboxylic acids is 1. The first-order valence-electron chi connectivity index (χ1n) is 4.50. The molecule has 0 saturated carbocycles. The van der Waals surface area contributed by atoms with Gasteiger partial charge in [0.1, 0.15) is 14.9 Å². The monoisotopic (exact) mass is 184 g/mol. The number of allylic oxidation sites excluding steroid dienone is 1. The number of carbonyl (C=O) groups is 1. The molecule has 12 heavy (non-hydrogen) atoms. The zero-order valence-corrected chi connectivity index (χ0v) is 9.05. The van der Waals surface area contributed by atoms with Crippen LogP contribution < -0.4 is 0 Å². The van der Waals surface area contributed by atoms with Crippen LogP contribution in [-0.2, 0) is 9.53 Å². The van der Waals surface area contributed by atoms with E-state index in [0.717, 1.165) is 19.4 Å². The zero-order valence-electron chi connectivity index (χ0n) is 7.64. The highest BCUT2D eigenvalue weighted by molar-refractivity contribution is 6.78. The smallest absolute Gasteiger partial charge is 0.140 e. The van der Waals surface area contributed by atoms with Crippen molar-refractivity contribution in [1.29, 1.82) is 0 Å². The van der Waals surface area contributed by atoms with E-state index in [2.05, 4.69) is 6.58 Å². The molecule has 1 unspecified atom stereocenters. The third-order valence-electron chi connectivity index (χ3n) is 2.16. The normalized spacial score (nSPS) is 24.6. The minimum Gasteiger partial charge on any atom is -0.382 e. The van der Waals surface area contributed by atoms with Crippen LogP contribution in [0.4, 0.5) is 0 Å². The van der Waals surface area contributed by atoms with Gasteiger partial charge in [0.15, 0.2) is 0 Å². The van der Waals surface area contributed by atoms with Gasteiger partial charge in [-0.1, -0.05) is 6.58 Å². The largest absolute Gasteiger partial charge is 0.382 e. The van der Waals surface area contributed by atoms with Crippen LogP contribution >= 0.6 is 0 Å². The molecule has 0 aromatic carbocycles. The Morgan fingerprint density at radius 3 is 2.83 bits per heavy atom. The van der Waals surface area contributed by atoms with Gasteiger partial charge in [-0.05, 0) is 31.8 Å². The molecule has 0 aromatic rings. The summed E-state index contributed by atoms with van der Waals surface area (Å²) in [5, 5.41) is 0.280. The fourth-order valence-electron chi connectivity index (χ4n) is 1.35.